The lowest BCUT2D eigenvalue weighted by Crippen LogP contribution is -2.67. The van der Waals surface area contributed by atoms with Crippen LogP contribution in [0, 0.1) is 0 Å². The van der Waals surface area contributed by atoms with Gasteiger partial charge in [-0.05, 0) is 0 Å². The fraction of sp³-hybridized carbons (Fsp3) is 1.00. The maximum atomic E-state index is 13.5. The highest BCUT2D eigenvalue weighted by Crippen LogP contribution is 2.58. The summed E-state index contributed by atoms with van der Waals surface area (Å²) in [4.78, 5) is 0. The van der Waals surface area contributed by atoms with E-state index in [1.165, 1.54) is 0 Å². The molecule has 0 saturated heterocycles. The predicted molar refractivity (Wildman–Crippen MR) is 59.9 cm³/mol. The van der Waals surface area contributed by atoms with Crippen LogP contribution >= 0.6 is 0 Å². The molecule has 3 nitrogen and oxygen atoms in total. The molecule has 0 spiro atoms. The van der Waals surface area contributed by atoms with E-state index < -0.39 is 69.7 Å². The predicted octanol–water partition coefficient (Wildman–Crippen LogP) is 5.23. The second-order valence-electron chi connectivity index (χ2n) is 5.81. The number of halogens is 18. The van der Waals surface area contributed by atoms with Gasteiger partial charge in [-0.15, -0.1) is 0 Å². The molecule has 0 saturated carbocycles. The summed E-state index contributed by atoms with van der Waals surface area (Å²) in [6, 6.07) is 0. The Morgan fingerprint density at radius 3 is 1.06 bits per heavy atom. The molecule has 0 rings (SSSR count). The number of alkyl halides is 18. The van der Waals surface area contributed by atoms with Crippen molar-refractivity contribution in [1.29, 1.82) is 0 Å². The highest BCUT2D eigenvalue weighted by Gasteiger charge is 2.86. The van der Waals surface area contributed by atoms with Gasteiger partial charge in [0, 0.05) is 6.42 Å². The van der Waals surface area contributed by atoms with E-state index in [1.807, 2.05) is 0 Å². The van der Waals surface area contributed by atoms with E-state index in [0.717, 1.165) is 0 Å². The monoisotopic (exact) mass is 545 g/mol. The zero-order chi connectivity index (χ0) is 26.8. The van der Waals surface area contributed by atoms with Crippen LogP contribution in [0.1, 0.15) is 6.42 Å². The van der Waals surface area contributed by atoms with Crippen molar-refractivity contribution in [1.82, 2.24) is 0 Å². The molecular formula is C10H3F18O3S-. The molecule has 0 bridgehead atoms. The standard InChI is InChI=1S/C10H4F18O3S/c11-3(12,5(15,16)7(19,20)9(23,24)25)1-2(32(29,30)31)4(13,14)6(17,18)8(21,22)10(26,27)28/h2H,1H2,(H,29,30,31)/p-1. The first-order valence-electron chi connectivity index (χ1n) is 6.69. The molecule has 0 radical (unpaired) electrons. The van der Waals surface area contributed by atoms with E-state index in [1.54, 1.807) is 0 Å². The summed E-state index contributed by atoms with van der Waals surface area (Å²) in [6.07, 6.45) is -20.0. The second kappa shape index (κ2) is 7.58. The van der Waals surface area contributed by atoms with Gasteiger partial charge >= 0.3 is 47.9 Å². The van der Waals surface area contributed by atoms with Crippen LogP contribution in [0.25, 0.3) is 0 Å². The lowest BCUT2D eigenvalue weighted by molar-refractivity contribution is -0.405. The Morgan fingerprint density at radius 2 is 0.812 bits per heavy atom. The number of rotatable bonds is 8. The maximum absolute atomic E-state index is 13.5. The smallest absolute Gasteiger partial charge is 0.460 e. The topological polar surface area (TPSA) is 57.2 Å². The molecule has 0 aromatic rings. The fourth-order valence-electron chi connectivity index (χ4n) is 1.77. The molecule has 0 heterocycles. The van der Waals surface area contributed by atoms with Crippen molar-refractivity contribution in [3.8, 4) is 0 Å². The van der Waals surface area contributed by atoms with E-state index >= 15 is 0 Å². The molecule has 0 fully saturated rings. The quantitative estimate of drug-likeness (QED) is 0.311. The van der Waals surface area contributed by atoms with Crippen LogP contribution in [-0.4, -0.2) is 66.1 Å². The zero-order valence-electron chi connectivity index (χ0n) is 13.7. The minimum atomic E-state index is -8.20. The Kier molecular flexibility index (Phi) is 7.26. The average molecular weight is 545 g/mol. The lowest BCUT2D eigenvalue weighted by atomic mass is 9.93. The summed E-state index contributed by atoms with van der Waals surface area (Å²) in [5.74, 6) is -47.6. The third-order valence-corrected chi connectivity index (χ3v) is 4.73. The minimum absolute atomic E-state index is 4.66. The molecule has 0 amide bonds. The summed E-state index contributed by atoms with van der Waals surface area (Å²) in [6.45, 7) is 0. The highest BCUT2D eigenvalue weighted by molar-refractivity contribution is 7.86. The van der Waals surface area contributed by atoms with E-state index in [2.05, 4.69) is 0 Å². The largest absolute Gasteiger partial charge is 0.748 e. The van der Waals surface area contributed by atoms with Crippen LogP contribution in [0.5, 0.6) is 0 Å². The fourth-order valence-corrected chi connectivity index (χ4v) is 2.69. The van der Waals surface area contributed by atoms with Crippen molar-refractivity contribution in [3.63, 3.8) is 0 Å². The SMILES string of the molecule is O=S(=O)([O-])C(CC(F)(F)C(F)(F)C(F)(F)C(F)(F)F)C(F)(F)C(F)(F)C(F)(F)C(F)(F)F. The van der Waals surface area contributed by atoms with Crippen LogP contribution in [0.2, 0.25) is 0 Å². The molecule has 1 atom stereocenters. The molecule has 0 N–H and O–H groups in total. The zero-order valence-corrected chi connectivity index (χ0v) is 14.5. The highest BCUT2D eigenvalue weighted by atomic mass is 32.2. The normalized spacial score (nSPS) is 17.5. The Labute approximate surface area is 163 Å². The average Bonchev–Trinajstić information content (AvgIpc) is 2.48. The van der Waals surface area contributed by atoms with Crippen LogP contribution < -0.4 is 0 Å². The molecule has 1 unspecified atom stereocenters. The Morgan fingerprint density at radius 1 is 0.531 bits per heavy atom. The van der Waals surface area contributed by atoms with Gasteiger partial charge in [-0.1, -0.05) is 0 Å². The molecule has 0 aliphatic heterocycles. The summed E-state index contributed by atoms with van der Waals surface area (Å²) >= 11 is 0. The van der Waals surface area contributed by atoms with Gasteiger partial charge in [0.2, 0.25) is 0 Å². The molecule has 0 aliphatic rings. The Balaban J connectivity index is 6.81. The number of hydrogen-bond acceptors (Lipinski definition) is 3. The summed E-state index contributed by atoms with van der Waals surface area (Å²) in [7, 11) is -7.81. The van der Waals surface area contributed by atoms with Gasteiger partial charge in [0.1, 0.15) is 15.4 Å². The van der Waals surface area contributed by atoms with Crippen molar-refractivity contribution in [2.75, 3.05) is 0 Å². The minimum Gasteiger partial charge on any atom is -0.748 e. The molecule has 0 aromatic heterocycles. The van der Waals surface area contributed by atoms with Gasteiger partial charge < -0.3 is 4.55 Å². The van der Waals surface area contributed by atoms with Crippen molar-refractivity contribution in [2.24, 2.45) is 0 Å². The van der Waals surface area contributed by atoms with Crippen LogP contribution in [-0.2, 0) is 10.1 Å². The summed E-state index contributed by atoms with van der Waals surface area (Å²) < 4.78 is 260. The third-order valence-electron chi connectivity index (χ3n) is 3.57. The molecular weight excluding hydrogens is 542 g/mol. The van der Waals surface area contributed by atoms with Gasteiger partial charge in [0.05, 0.1) is 0 Å². The van der Waals surface area contributed by atoms with Crippen LogP contribution in [0.15, 0.2) is 0 Å². The third kappa shape index (κ3) is 4.52. The molecule has 32 heavy (non-hydrogen) atoms. The first kappa shape index (κ1) is 30.6. The number of hydrogen-bond donors (Lipinski definition) is 0. The molecule has 0 aliphatic carbocycles. The first-order valence-corrected chi connectivity index (χ1v) is 8.16. The maximum Gasteiger partial charge on any atom is 0.460 e. The first-order chi connectivity index (χ1) is 13.3. The van der Waals surface area contributed by atoms with Crippen molar-refractivity contribution >= 4 is 10.1 Å². The summed E-state index contributed by atoms with van der Waals surface area (Å²) in [5.41, 5.74) is 0. The molecule has 22 heteroatoms. The van der Waals surface area contributed by atoms with E-state index in [0.29, 0.717) is 0 Å². The Hall–Kier alpha value is -1.35. The van der Waals surface area contributed by atoms with Gasteiger partial charge in [-0.3, -0.25) is 0 Å². The lowest BCUT2D eigenvalue weighted by Gasteiger charge is -2.40. The molecule has 0 aromatic carbocycles. The second-order valence-corrected chi connectivity index (χ2v) is 7.36. The Bertz CT molecular complexity index is 791. The van der Waals surface area contributed by atoms with E-state index in [4.69, 9.17) is 0 Å². The van der Waals surface area contributed by atoms with Gasteiger partial charge in [-0.25, -0.2) is 8.42 Å². The van der Waals surface area contributed by atoms with E-state index in [-0.39, 0.29) is 0 Å². The van der Waals surface area contributed by atoms with Crippen LogP contribution in [0.4, 0.5) is 79.0 Å². The van der Waals surface area contributed by atoms with E-state index in [9.17, 15) is 92.0 Å². The van der Waals surface area contributed by atoms with Crippen molar-refractivity contribution in [2.45, 2.75) is 59.6 Å². The van der Waals surface area contributed by atoms with Gasteiger partial charge in [0.25, 0.3) is 0 Å². The van der Waals surface area contributed by atoms with Crippen molar-refractivity contribution in [3.05, 3.63) is 0 Å². The van der Waals surface area contributed by atoms with Gasteiger partial charge in [0.15, 0.2) is 0 Å². The van der Waals surface area contributed by atoms with Gasteiger partial charge in [-0.2, -0.15) is 79.0 Å². The van der Waals surface area contributed by atoms with Crippen LogP contribution in [0.3, 0.4) is 0 Å². The van der Waals surface area contributed by atoms with Crippen molar-refractivity contribution < 1.29 is 92.0 Å². The summed E-state index contributed by atoms with van der Waals surface area (Å²) in [5, 5.41) is -5.98. The molecule has 194 valence electrons.